The van der Waals surface area contributed by atoms with E-state index in [1.54, 1.807) is 18.2 Å². The first kappa shape index (κ1) is 13.9. The van der Waals surface area contributed by atoms with Gasteiger partial charge in [-0.05, 0) is 43.2 Å². The van der Waals surface area contributed by atoms with Crippen molar-refractivity contribution in [3.05, 3.63) is 65.2 Å². The minimum atomic E-state index is -0.273. The van der Waals surface area contributed by atoms with E-state index >= 15 is 0 Å². The van der Waals surface area contributed by atoms with Gasteiger partial charge in [0.15, 0.2) is 0 Å². The SMILES string of the molecule is Cc1ccc(/C=C/C(=O)Nc2ccc(C)cc2O)cc1. The van der Waals surface area contributed by atoms with Crippen molar-refractivity contribution >= 4 is 17.7 Å². The molecule has 2 aromatic carbocycles. The number of benzene rings is 2. The molecule has 0 aliphatic heterocycles. The summed E-state index contributed by atoms with van der Waals surface area (Å²) in [6, 6.07) is 13.0. The molecule has 2 aromatic rings. The minimum Gasteiger partial charge on any atom is -0.506 e. The first-order chi connectivity index (χ1) is 9.54. The zero-order valence-electron chi connectivity index (χ0n) is 11.6. The maximum absolute atomic E-state index is 11.8. The summed E-state index contributed by atoms with van der Waals surface area (Å²) in [5.41, 5.74) is 3.49. The van der Waals surface area contributed by atoms with Crippen molar-refractivity contribution in [3.63, 3.8) is 0 Å². The van der Waals surface area contributed by atoms with Crippen LogP contribution in [0.2, 0.25) is 0 Å². The van der Waals surface area contributed by atoms with E-state index in [1.807, 2.05) is 44.2 Å². The number of rotatable bonds is 3. The third kappa shape index (κ3) is 3.72. The average molecular weight is 267 g/mol. The topological polar surface area (TPSA) is 49.3 Å². The third-order valence-corrected chi connectivity index (χ3v) is 2.92. The molecule has 0 bridgehead atoms. The van der Waals surface area contributed by atoms with Crippen molar-refractivity contribution in [1.29, 1.82) is 0 Å². The number of carbonyl (C=O) groups excluding carboxylic acids is 1. The summed E-state index contributed by atoms with van der Waals surface area (Å²) < 4.78 is 0. The highest BCUT2D eigenvalue weighted by molar-refractivity contribution is 6.02. The standard InChI is InChI=1S/C17H17NO2/c1-12-3-6-14(7-4-12)8-10-17(20)18-15-9-5-13(2)11-16(15)19/h3-11,19H,1-2H3,(H,18,20)/b10-8+. The Morgan fingerprint density at radius 3 is 2.35 bits per heavy atom. The van der Waals surface area contributed by atoms with Crippen molar-refractivity contribution in [2.45, 2.75) is 13.8 Å². The maximum Gasteiger partial charge on any atom is 0.248 e. The van der Waals surface area contributed by atoms with Crippen molar-refractivity contribution in [2.75, 3.05) is 5.32 Å². The summed E-state index contributed by atoms with van der Waals surface area (Å²) in [4.78, 5) is 11.8. The van der Waals surface area contributed by atoms with Gasteiger partial charge in [0.2, 0.25) is 5.91 Å². The average Bonchev–Trinajstić information content (AvgIpc) is 2.41. The Labute approximate surface area is 118 Å². The van der Waals surface area contributed by atoms with Crippen LogP contribution < -0.4 is 5.32 Å². The molecule has 2 rings (SSSR count). The molecule has 0 heterocycles. The smallest absolute Gasteiger partial charge is 0.248 e. The second-order valence-electron chi connectivity index (χ2n) is 4.75. The van der Waals surface area contributed by atoms with Crippen LogP contribution in [0.3, 0.4) is 0 Å². The lowest BCUT2D eigenvalue weighted by Gasteiger charge is -2.05. The summed E-state index contributed by atoms with van der Waals surface area (Å²) in [6.07, 6.45) is 3.18. The van der Waals surface area contributed by atoms with E-state index in [9.17, 15) is 9.90 Å². The molecule has 20 heavy (non-hydrogen) atoms. The fraction of sp³-hybridized carbons (Fsp3) is 0.118. The predicted octanol–water partition coefficient (Wildman–Crippen LogP) is 3.66. The largest absolute Gasteiger partial charge is 0.506 e. The molecule has 0 atom stereocenters. The van der Waals surface area contributed by atoms with Crippen LogP contribution in [0.1, 0.15) is 16.7 Å². The fourth-order valence-corrected chi connectivity index (χ4v) is 1.77. The van der Waals surface area contributed by atoms with Crippen LogP contribution in [0, 0.1) is 13.8 Å². The van der Waals surface area contributed by atoms with Gasteiger partial charge < -0.3 is 10.4 Å². The maximum atomic E-state index is 11.8. The molecule has 0 radical (unpaired) electrons. The highest BCUT2D eigenvalue weighted by Gasteiger charge is 2.03. The molecule has 3 heteroatoms. The molecule has 3 nitrogen and oxygen atoms in total. The van der Waals surface area contributed by atoms with Gasteiger partial charge in [-0.2, -0.15) is 0 Å². The van der Waals surface area contributed by atoms with E-state index in [2.05, 4.69) is 5.32 Å². The van der Waals surface area contributed by atoms with Crippen LogP contribution in [0.25, 0.3) is 6.08 Å². The van der Waals surface area contributed by atoms with Gasteiger partial charge in [0, 0.05) is 6.08 Å². The number of nitrogens with one attached hydrogen (secondary N) is 1. The molecule has 0 unspecified atom stereocenters. The molecule has 0 aliphatic rings. The lowest BCUT2D eigenvalue weighted by molar-refractivity contribution is -0.111. The number of phenols is 1. The summed E-state index contributed by atoms with van der Waals surface area (Å²) in [5.74, 6) is -0.202. The second-order valence-corrected chi connectivity index (χ2v) is 4.75. The Balaban J connectivity index is 2.03. The minimum absolute atomic E-state index is 0.0714. The lowest BCUT2D eigenvalue weighted by atomic mass is 10.1. The zero-order valence-corrected chi connectivity index (χ0v) is 11.6. The first-order valence-corrected chi connectivity index (χ1v) is 6.40. The zero-order chi connectivity index (χ0) is 14.5. The highest BCUT2D eigenvalue weighted by atomic mass is 16.3. The van der Waals surface area contributed by atoms with Crippen molar-refractivity contribution in [2.24, 2.45) is 0 Å². The van der Waals surface area contributed by atoms with Crippen LogP contribution in [0.4, 0.5) is 5.69 Å². The number of aryl methyl sites for hydroxylation is 2. The molecule has 0 saturated heterocycles. The Hall–Kier alpha value is -2.55. The molecule has 0 aromatic heterocycles. The van der Waals surface area contributed by atoms with Gasteiger partial charge >= 0.3 is 0 Å². The monoisotopic (exact) mass is 267 g/mol. The third-order valence-electron chi connectivity index (χ3n) is 2.92. The highest BCUT2D eigenvalue weighted by Crippen LogP contribution is 2.23. The van der Waals surface area contributed by atoms with Crippen molar-refractivity contribution in [3.8, 4) is 5.75 Å². The van der Waals surface area contributed by atoms with Crippen LogP contribution >= 0.6 is 0 Å². The Morgan fingerprint density at radius 1 is 1.05 bits per heavy atom. The molecule has 1 amide bonds. The van der Waals surface area contributed by atoms with Gasteiger partial charge in [-0.25, -0.2) is 0 Å². The van der Waals surface area contributed by atoms with E-state index in [0.29, 0.717) is 5.69 Å². The molecule has 2 N–H and O–H groups in total. The van der Waals surface area contributed by atoms with Gasteiger partial charge in [0.1, 0.15) is 5.75 Å². The molecular formula is C17H17NO2. The summed E-state index contributed by atoms with van der Waals surface area (Å²) in [7, 11) is 0. The second kappa shape index (κ2) is 6.06. The predicted molar refractivity (Wildman–Crippen MR) is 81.7 cm³/mol. The number of amides is 1. The number of aromatic hydroxyl groups is 1. The van der Waals surface area contributed by atoms with Crippen molar-refractivity contribution < 1.29 is 9.90 Å². The number of hydrogen-bond donors (Lipinski definition) is 2. The molecule has 0 aliphatic carbocycles. The fourth-order valence-electron chi connectivity index (χ4n) is 1.77. The molecule has 102 valence electrons. The van der Waals surface area contributed by atoms with Crippen LogP contribution in [-0.4, -0.2) is 11.0 Å². The molecule has 0 fully saturated rings. The normalized spacial score (nSPS) is 10.7. The van der Waals surface area contributed by atoms with E-state index in [4.69, 9.17) is 0 Å². The Morgan fingerprint density at radius 2 is 1.70 bits per heavy atom. The van der Waals surface area contributed by atoms with Crippen LogP contribution in [0.5, 0.6) is 5.75 Å². The number of anilines is 1. The lowest BCUT2D eigenvalue weighted by Crippen LogP contribution is -2.07. The number of phenolic OH excluding ortho intramolecular Hbond substituents is 1. The summed E-state index contributed by atoms with van der Waals surface area (Å²) in [6.45, 7) is 3.89. The molecule has 0 saturated carbocycles. The van der Waals surface area contributed by atoms with E-state index in [0.717, 1.165) is 11.1 Å². The van der Waals surface area contributed by atoms with E-state index in [1.165, 1.54) is 11.6 Å². The van der Waals surface area contributed by atoms with Crippen LogP contribution in [-0.2, 0) is 4.79 Å². The Kier molecular flexibility index (Phi) is 4.20. The van der Waals surface area contributed by atoms with Crippen LogP contribution in [0.15, 0.2) is 48.5 Å². The molecular weight excluding hydrogens is 250 g/mol. The van der Waals surface area contributed by atoms with Gasteiger partial charge in [0.25, 0.3) is 0 Å². The van der Waals surface area contributed by atoms with Gasteiger partial charge in [-0.1, -0.05) is 35.9 Å². The number of carbonyl (C=O) groups is 1. The molecule has 0 spiro atoms. The van der Waals surface area contributed by atoms with E-state index < -0.39 is 0 Å². The quantitative estimate of drug-likeness (QED) is 0.658. The number of hydrogen-bond acceptors (Lipinski definition) is 2. The summed E-state index contributed by atoms with van der Waals surface area (Å²) in [5, 5.41) is 12.4. The van der Waals surface area contributed by atoms with E-state index in [-0.39, 0.29) is 11.7 Å². The van der Waals surface area contributed by atoms with Gasteiger partial charge in [0.05, 0.1) is 5.69 Å². The van der Waals surface area contributed by atoms with Crippen molar-refractivity contribution in [1.82, 2.24) is 0 Å². The van der Waals surface area contributed by atoms with Gasteiger partial charge in [-0.3, -0.25) is 4.79 Å². The van der Waals surface area contributed by atoms with Gasteiger partial charge in [-0.15, -0.1) is 0 Å². The summed E-state index contributed by atoms with van der Waals surface area (Å²) >= 11 is 0. The Bertz CT molecular complexity index is 643. The first-order valence-electron chi connectivity index (χ1n) is 6.40.